The van der Waals surface area contributed by atoms with Gasteiger partial charge in [0.05, 0.1) is 5.69 Å². The molecule has 0 bridgehead atoms. The molecule has 0 atom stereocenters. The molecule has 8 nitrogen and oxygen atoms in total. The maximum atomic E-state index is 12.1. The molecule has 2 aromatic rings. The first-order valence-electron chi connectivity index (χ1n) is 8.93. The van der Waals surface area contributed by atoms with Crippen LogP contribution in [0.4, 0.5) is 5.69 Å². The number of carbonyl (C=O) groups is 3. The van der Waals surface area contributed by atoms with Gasteiger partial charge in [-0.1, -0.05) is 6.07 Å². The Labute approximate surface area is 167 Å². The Hall–Kier alpha value is -3.55. The number of ketones is 1. The fraction of sp³-hybridized carbons (Fsp3) is 0.286. The number of anilines is 1. The Kier molecular flexibility index (Phi) is 6.01. The highest BCUT2D eigenvalue weighted by Crippen LogP contribution is 2.37. The first kappa shape index (κ1) is 20.2. The Morgan fingerprint density at radius 1 is 1.00 bits per heavy atom. The number of rotatable bonds is 7. The second kappa shape index (κ2) is 8.64. The van der Waals surface area contributed by atoms with Crippen LogP contribution in [0.5, 0.6) is 17.2 Å². The minimum Gasteiger partial charge on any atom is -0.482 e. The Bertz CT molecular complexity index is 968. The molecule has 0 aliphatic carbocycles. The molecule has 1 N–H and O–H groups in total. The van der Waals surface area contributed by atoms with Gasteiger partial charge in [0.2, 0.25) is 6.79 Å². The maximum Gasteiger partial charge on any atom is 0.344 e. The van der Waals surface area contributed by atoms with Gasteiger partial charge in [-0.15, -0.1) is 0 Å². The molecule has 1 aliphatic heterocycles. The number of benzene rings is 2. The summed E-state index contributed by atoms with van der Waals surface area (Å²) in [5.41, 5.74) is 2.69. The normalized spacial score (nSPS) is 11.7. The van der Waals surface area contributed by atoms with E-state index in [-0.39, 0.29) is 30.4 Å². The molecule has 1 aliphatic rings. The summed E-state index contributed by atoms with van der Waals surface area (Å²) >= 11 is 0. The molecule has 8 heteroatoms. The van der Waals surface area contributed by atoms with Gasteiger partial charge in [-0.05, 0) is 50.1 Å². The van der Waals surface area contributed by atoms with Crippen molar-refractivity contribution in [2.24, 2.45) is 0 Å². The first-order chi connectivity index (χ1) is 13.8. The van der Waals surface area contributed by atoms with E-state index in [0.717, 1.165) is 11.1 Å². The largest absolute Gasteiger partial charge is 0.482 e. The van der Waals surface area contributed by atoms with Gasteiger partial charge in [0.15, 0.2) is 30.5 Å². The lowest BCUT2D eigenvalue weighted by molar-refractivity contribution is -0.149. The zero-order chi connectivity index (χ0) is 21.0. The van der Waals surface area contributed by atoms with Crippen LogP contribution in [0.15, 0.2) is 30.3 Å². The summed E-state index contributed by atoms with van der Waals surface area (Å²) in [6.45, 7) is 4.50. The highest BCUT2D eigenvalue weighted by molar-refractivity contribution is 6.05. The molecule has 0 spiro atoms. The fourth-order valence-corrected chi connectivity index (χ4v) is 2.66. The molecule has 3 rings (SSSR count). The van der Waals surface area contributed by atoms with Crippen molar-refractivity contribution in [3.05, 3.63) is 47.0 Å². The molecular weight excluding hydrogens is 378 g/mol. The number of hydrogen-bond acceptors (Lipinski definition) is 7. The second-order valence-electron chi connectivity index (χ2n) is 6.55. The van der Waals surface area contributed by atoms with Crippen LogP contribution in [0.3, 0.4) is 0 Å². The fourth-order valence-electron chi connectivity index (χ4n) is 2.66. The van der Waals surface area contributed by atoms with E-state index in [1.54, 1.807) is 6.07 Å². The van der Waals surface area contributed by atoms with Crippen LogP contribution in [0.2, 0.25) is 0 Å². The van der Waals surface area contributed by atoms with Crippen LogP contribution in [0.25, 0.3) is 0 Å². The summed E-state index contributed by atoms with van der Waals surface area (Å²) < 4.78 is 20.8. The molecule has 29 heavy (non-hydrogen) atoms. The molecule has 1 heterocycles. The van der Waals surface area contributed by atoms with E-state index in [1.165, 1.54) is 19.1 Å². The topological polar surface area (TPSA) is 100 Å². The molecule has 1 amide bonds. The highest BCUT2D eigenvalue weighted by atomic mass is 16.7. The van der Waals surface area contributed by atoms with Gasteiger partial charge in [-0.2, -0.15) is 0 Å². The van der Waals surface area contributed by atoms with Crippen LogP contribution >= 0.6 is 0 Å². The van der Waals surface area contributed by atoms with Crippen LogP contribution < -0.4 is 19.5 Å². The molecule has 0 saturated carbocycles. The predicted molar refractivity (Wildman–Crippen MR) is 104 cm³/mol. The SMILES string of the molecule is CC(=O)c1cc2c(cc1NC(=O)COC(=O)COc1ccc(C)c(C)c1)OCO2. The number of amides is 1. The van der Waals surface area contributed by atoms with Crippen LogP contribution in [0, 0.1) is 13.8 Å². The van der Waals surface area contributed by atoms with Crippen molar-refractivity contribution in [2.75, 3.05) is 25.3 Å². The molecule has 2 aromatic carbocycles. The Balaban J connectivity index is 1.52. The van der Waals surface area contributed by atoms with Gasteiger partial charge in [-0.3, -0.25) is 9.59 Å². The zero-order valence-corrected chi connectivity index (χ0v) is 16.4. The number of carbonyl (C=O) groups excluding carboxylic acids is 3. The third-order valence-electron chi connectivity index (χ3n) is 4.37. The van der Waals surface area contributed by atoms with Gasteiger partial charge in [0, 0.05) is 11.6 Å². The van der Waals surface area contributed by atoms with Crippen molar-refractivity contribution >= 4 is 23.3 Å². The summed E-state index contributed by atoms with van der Waals surface area (Å²) in [7, 11) is 0. The van der Waals surface area contributed by atoms with E-state index in [9.17, 15) is 14.4 Å². The van der Waals surface area contributed by atoms with E-state index >= 15 is 0 Å². The third-order valence-corrected chi connectivity index (χ3v) is 4.37. The lowest BCUT2D eigenvalue weighted by Gasteiger charge is -2.11. The van der Waals surface area contributed by atoms with Gasteiger partial charge in [-0.25, -0.2) is 4.79 Å². The zero-order valence-electron chi connectivity index (χ0n) is 16.4. The third kappa shape index (κ3) is 5.04. The molecule has 0 fully saturated rings. The van der Waals surface area contributed by atoms with Crippen LogP contribution in [0.1, 0.15) is 28.4 Å². The average molecular weight is 399 g/mol. The number of fused-ring (bicyclic) bond motifs is 1. The van der Waals surface area contributed by atoms with Crippen molar-refractivity contribution < 1.29 is 33.3 Å². The minimum atomic E-state index is -0.684. The molecular formula is C21H21NO7. The molecule has 152 valence electrons. The molecule has 0 unspecified atom stereocenters. The number of aryl methyl sites for hydroxylation is 2. The smallest absolute Gasteiger partial charge is 0.344 e. The monoisotopic (exact) mass is 399 g/mol. The summed E-state index contributed by atoms with van der Waals surface area (Å²) in [6.07, 6.45) is 0. The number of esters is 1. The van der Waals surface area contributed by atoms with Crippen molar-refractivity contribution in [2.45, 2.75) is 20.8 Å². The minimum absolute atomic E-state index is 0.0438. The lowest BCUT2D eigenvalue weighted by atomic mass is 10.1. The van der Waals surface area contributed by atoms with Crippen molar-refractivity contribution in [3.8, 4) is 17.2 Å². The summed E-state index contributed by atoms with van der Waals surface area (Å²) in [5, 5.41) is 2.55. The summed E-state index contributed by atoms with van der Waals surface area (Å²) in [4.78, 5) is 35.8. The van der Waals surface area contributed by atoms with E-state index in [0.29, 0.717) is 17.2 Å². The van der Waals surface area contributed by atoms with E-state index in [4.69, 9.17) is 18.9 Å². The molecule has 0 saturated heterocycles. The first-order valence-corrected chi connectivity index (χ1v) is 8.93. The van der Waals surface area contributed by atoms with Gasteiger partial charge >= 0.3 is 5.97 Å². The van der Waals surface area contributed by atoms with Crippen LogP contribution in [-0.2, 0) is 14.3 Å². The van der Waals surface area contributed by atoms with Gasteiger partial charge < -0.3 is 24.3 Å². The number of Topliss-reactive ketones (excluding diaryl/α,β-unsaturated/α-hetero) is 1. The van der Waals surface area contributed by atoms with Crippen LogP contribution in [-0.4, -0.2) is 37.7 Å². The van der Waals surface area contributed by atoms with Crippen molar-refractivity contribution in [1.29, 1.82) is 0 Å². The van der Waals surface area contributed by atoms with Gasteiger partial charge in [0.25, 0.3) is 5.91 Å². The van der Waals surface area contributed by atoms with Crippen molar-refractivity contribution in [3.63, 3.8) is 0 Å². The Morgan fingerprint density at radius 3 is 2.41 bits per heavy atom. The maximum absolute atomic E-state index is 12.1. The summed E-state index contributed by atoms with van der Waals surface area (Å²) in [5.74, 6) is -0.132. The second-order valence-corrected chi connectivity index (χ2v) is 6.55. The van der Waals surface area contributed by atoms with Gasteiger partial charge in [0.1, 0.15) is 5.75 Å². The van der Waals surface area contributed by atoms with E-state index in [1.807, 2.05) is 26.0 Å². The number of nitrogens with one attached hydrogen (secondary N) is 1. The lowest BCUT2D eigenvalue weighted by Crippen LogP contribution is -2.24. The summed E-state index contributed by atoms with van der Waals surface area (Å²) in [6, 6.07) is 8.47. The number of ether oxygens (including phenoxy) is 4. The average Bonchev–Trinajstić information content (AvgIpc) is 3.14. The molecule has 0 radical (unpaired) electrons. The van der Waals surface area contributed by atoms with E-state index < -0.39 is 18.5 Å². The van der Waals surface area contributed by atoms with Crippen molar-refractivity contribution in [1.82, 2.24) is 0 Å². The predicted octanol–water partition coefficient (Wildman–Crippen LogP) is 2.80. The highest BCUT2D eigenvalue weighted by Gasteiger charge is 2.20. The van der Waals surface area contributed by atoms with E-state index in [2.05, 4.69) is 5.32 Å². The molecule has 0 aromatic heterocycles. The quantitative estimate of drug-likeness (QED) is 0.564. The Morgan fingerprint density at radius 2 is 1.72 bits per heavy atom. The number of hydrogen-bond donors (Lipinski definition) is 1. The standard InChI is InChI=1S/C21H21NO7/c1-12-4-5-15(6-13(12)2)26-10-21(25)27-9-20(24)22-17-8-19-18(28-11-29-19)7-16(17)14(3)23/h4-8H,9-11H2,1-3H3,(H,22,24).